The summed E-state index contributed by atoms with van der Waals surface area (Å²) in [6.45, 7) is 2.08. The van der Waals surface area contributed by atoms with E-state index in [4.69, 9.17) is 10.5 Å². The fourth-order valence-electron chi connectivity index (χ4n) is 2.30. The molecular weight excluding hydrogens is 310 g/mol. The Morgan fingerprint density at radius 3 is 2.94 bits per heavy atom. The lowest BCUT2D eigenvalue weighted by Crippen LogP contribution is -2.23. The molecular formula is C14H14BrNOS. The zero-order valence-corrected chi connectivity index (χ0v) is 12.4. The van der Waals surface area contributed by atoms with Crippen molar-refractivity contribution in [3.05, 3.63) is 50.1 Å². The highest BCUT2D eigenvalue weighted by atomic mass is 79.9. The highest BCUT2D eigenvalue weighted by molar-refractivity contribution is 9.10. The Bertz CT molecular complexity index is 581. The van der Waals surface area contributed by atoms with Crippen LogP contribution in [-0.2, 0) is 0 Å². The van der Waals surface area contributed by atoms with Crippen LogP contribution in [0.1, 0.15) is 34.6 Å². The SMILES string of the molecule is Cc1ccc2c(c1)[C@@H](N)CC(c1cc(Br)cs1)O2. The Kier molecular flexibility index (Phi) is 3.18. The zero-order valence-electron chi connectivity index (χ0n) is 10.0. The predicted octanol–water partition coefficient (Wildman–Crippen LogP) is 4.34. The van der Waals surface area contributed by atoms with Crippen molar-refractivity contribution in [2.45, 2.75) is 25.5 Å². The van der Waals surface area contributed by atoms with Crippen LogP contribution in [0.4, 0.5) is 0 Å². The number of rotatable bonds is 1. The monoisotopic (exact) mass is 323 g/mol. The van der Waals surface area contributed by atoms with Gasteiger partial charge in [-0.2, -0.15) is 0 Å². The first-order valence-corrected chi connectivity index (χ1v) is 7.57. The largest absolute Gasteiger partial charge is 0.484 e. The molecule has 3 rings (SSSR count). The van der Waals surface area contributed by atoms with Gasteiger partial charge in [0.25, 0.3) is 0 Å². The van der Waals surface area contributed by atoms with Gasteiger partial charge in [0.15, 0.2) is 0 Å². The third kappa shape index (κ3) is 2.20. The highest BCUT2D eigenvalue weighted by Gasteiger charge is 2.27. The van der Waals surface area contributed by atoms with Crippen LogP contribution in [-0.4, -0.2) is 0 Å². The number of hydrogen-bond donors (Lipinski definition) is 1. The van der Waals surface area contributed by atoms with E-state index < -0.39 is 0 Å². The van der Waals surface area contributed by atoms with Gasteiger partial charge in [0.2, 0.25) is 0 Å². The highest BCUT2D eigenvalue weighted by Crippen LogP contribution is 2.41. The lowest BCUT2D eigenvalue weighted by atomic mass is 9.95. The lowest BCUT2D eigenvalue weighted by Gasteiger charge is -2.30. The Balaban J connectivity index is 1.94. The van der Waals surface area contributed by atoms with Gasteiger partial charge in [-0.05, 0) is 35.0 Å². The number of aryl methyl sites for hydroxylation is 1. The minimum absolute atomic E-state index is 0.0551. The van der Waals surface area contributed by atoms with Gasteiger partial charge in [-0.1, -0.05) is 17.7 Å². The normalized spacial score (nSPS) is 22.4. The van der Waals surface area contributed by atoms with Crippen LogP contribution in [0.15, 0.2) is 34.1 Å². The molecule has 2 aromatic rings. The van der Waals surface area contributed by atoms with Crippen molar-refractivity contribution in [2.24, 2.45) is 5.73 Å². The van der Waals surface area contributed by atoms with Gasteiger partial charge in [0, 0.05) is 32.8 Å². The van der Waals surface area contributed by atoms with Crippen LogP contribution in [0.3, 0.4) is 0 Å². The van der Waals surface area contributed by atoms with E-state index in [-0.39, 0.29) is 12.1 Å². The van der Waals surface area contributed by atoms with Crippen LogP contribution >= 0.6 is 27.3 Å². The van der Waals surface area contributed by atoms with Gasteiger partial charge in [0.05, 0.1) is 0 Å². The Labute approximate surface area is 119 Å². The van der Waals surface area contributed by atoms with E-state index in [1.54, 1.807) is 11.3 Å². The molecule has 0 bridgehead atoms. The molecule has 1 aromatic heterocycles. The van der Waals surface area contributed by atoms with Gasteiger partial charge in [-0.25, -0.2) is 0 Å². The minimum Gasteiger partial charge on any atom is -0.484 e. The van der Waals surface area contributed by atoms with Crippen molar-refractivity contribution >= 4 is 27.3 Å². The minimum atomic E-state index is 0.0551. The molecule has 18 heavy (non-hydrogen) atoms. The average molecular weight is 324 g/mol. The van der Waals surface area contributed by atoms with Crippen molar-refractivity contribution in [1.82, 2.24) is 0 Å². The van der Waals surface area contributed by atoms with Crippen molar-refractivity contribution in [3.63, 3.8) is 0 Å². The van der Waals surface area contributed by atoms with E-state index in [0.717, 1.165) is 22.2 Å². The second-order valence-electron chi connectivity index (χ2n) is 4.66. The van der Waals surface area contributed by atoms with E-state index >= 15 is 0 Å². The number of thiophene rings is 1. The fourth-order valence-corrected chi connectivity index (χ4v) is 3.78. The topological polar surface area (TPSA) is 35.2 Å². The first-order chi connectivity index (χ1) is 8.63. The van der Waals surface area contributed by atoms with Crippen LogP contribution in [0.25, 0.3) is 0 Å². The van der Waals surface area contributed by atoms with E-state index in [2.05, 4.69) is 46.4 Å². The second kappa shape index (κ2) is 4.68. The summed E-state index contributed by atoms with van der Waals surface area (Å²) in [7, 11) is 0. The molecule has 2 atom stereocenters. The second-order valence-corrected chi connectivity index (χ2v) is 6.52. The van der Waals surface area contributed by atoms with E-state index in [9.17, 15) is 0 Å². The summed E-state index contributed by atoms with van der Waals surface area (Å²) in [6, 6.07) is 8.39. The molecule has 1 aromatic carbocycles. The summed E-state index contributed by atoms with van der Waals surface area (Å²) < 4.78 is 7.17. The zero-order chi connectivity index (χ0) is 12.7. The van der Waals surface area contributed by atoms with Gasteiger partial charge < -0.3 is 10.5 Å². The third-order valence-electron chi connectivity index (χ3n) is 3.21. The standard InChI is InChI=1S/C14H14BrNOS/c1-8-2-3-12-10(4-8)11(16)6-13(17-12)14-5-9(15)7-18-14/h2-5,7,11,13H,6,16H2,1H3/t11-,13?/m0/s1. The van der Waals surface area contributed by atoms with Gasteiger partial charge >= 0.3 is 0 Å². The molecule has 1 aliphatic rings. The number of benzene rings is 1. The number of hydrogen-bond acceptors (Lipinski definition) is 3. The van der Waals surface area contributed by atoms with E-state index in [0.29, 0.717) is 0 Å². The maximum Gasteiger partial charge on any atom is 0.135 e. The maximum atomic E-state index is 6.26. The van der Waals surface area contributed by atoms with Crippen LogP contribution in [0, 0.1) is 6.92 Å². The van der Waals surface area contributed by atoms with Gasteiger partial charge in [0.1, 0.15) is 11.9 Å². The molecule has 0 fully saturated rings. The van der Waals surface area contributed by atoms with Crippen molar-refractivity contribution in [1.29, 1.82) is 0 Å². The van der Waals surface area contributed by atoms with Crippen molar-refractivity contribution < 1.29 is 4.74 Å². The molecule has 94 valence electrons. The summed E-state index contributed by atoms with van der Waals surface area (Å²) >= 11 is 5.19. The molecule has 0 spiro atoms. The molecule has 1 unspecified atom stereocenters. The summed E-state index contributed by atoms with van der Waals surface area (Å²) in [5.41, 5.74) is 8.62. The van der Waals surface area contributed by atoms with Crippen molar-refractivity contribution in [3.8, 4) is 5.75 Å². The van der Waals surface area contributed by atoms with Crippen LogP contribution in [0.2, 0.25) is 0 Å². The molecule has 0 radical (unpaired) electrons. The third-order valence-corrected chi connectivity index (χ3v) is 4.99. The summed E-state index contributed by atoms with van der Waals surface area (Å²) in [5, 5.41) is 2.08. The average Bonchev–Trinajstić information content (AvgIpc) is 2.77. The quantitative estimate of drug-likeness (QED) is 0.847. The molecule has 1 aliphatic heterocycles. The Morgan fingerprint density at radius 1 is 1.39 bits per heavy atom. The van der Waals surface area contributed by atoms with Crippen LogP contribution in [0.5, 0.6) is 5.75 Å². The molecule has 0 saturated carbocycles. The van der Waals surface area contributed by atoms with Gasteiger partial charge in [-0.3, -0.25) is 0 Å². The smallest absolute Gasteiger partial charge is 0.135 e. The maximum absolute atomic E-state index is 6.26. The lowest BCUT2D eigenvalue weighted by molar-refractivity contribution is 0.165. The number of fused-ring (bicyclic) bond motifs is 1. The Morgan fingerprint density at radius 2 is 2.22 bits per heavy atom. The molecule has 0 amide bonds. The predicted molar refractivity (Wildman–Crippen MR) is 78.1 cm³/mol. The molecule has 0 aliphatic carbocycles. The molecule has 4 heteroatoms. The number of halogens is 1. The summed E-state index contributed by atoms with van der Waals surface area (Å²) in [6.07, 6.45) is 0.912. The Hall–Kier alpha value is -0.840. The first-order valence-electron chi connectivity index (χ1n) is 5.90. The van der Waals surface area contributed by atoms with Gasteiger partial charge in [-0.15, -0.1) is 11.3 Å². The van der Waals surface area contributed by atoms with Crippen molar-refractivity contribution in [2.75, 3.05) is 0 Å². The van der Waals surface area contributed by atoms with E-state index in [1.807, 2.05) is 6.07 Å². The molecule has 0 saturated heterocycles. The number of ether oxygens (including phenoxy) is 1. The fraction of sp³-hybridized carbons (Fsp3) is 0.286. The first kappa shape index (κ1) is 12.2. The van der Waals surface area contributed by atoms with Crippen LogP contribution < -0.4 is 10.5 Å². The number of nitrogens with two attached hydrogens (primary N) is 1. The molecule has 2 nitrogen and oxygen atoms in total. The summed E-state index contributed by atoms with van der Waals surface area (Å²) in [4.78, 5) is 1.23. The summed E-state index contributed by atoms with van der Waals surface area (Å²) in [5.74, 6) is 0.925. The molecule has 2 heterocycles. The van der Waals surface area contributed by atoms with E-state index in [1.165, 1.54) is 10.4 Å². The molecule has 2 N–H and O–H groups in total.